The first kappa shape index (κ1) is 20.6. The Kier molecular flexibility index (Phi) is 5.87. The molecular formula is C22H25N3O4S. The van der Waals surface area contributed by atoms with Crippen molar-refractivity contribution in [1.82, 2.24) is 9.97 Å². The summed E-state index contributed by atoms with van der Waals surface area (Å²) in [6, 6.07) is 12.8. The minimum Gasteiger partial charge on any atom is -0.496 e. The molecule has 0 aliphatic carbocycles. The van der Waals surface area contributed by atoms with Gasteiger partial charge in [0, 0.05) is 36.9 Å². The highest BCUT2D eigenvalue weighted by Gasteiger charge is 2.23. The number of nitrogens with zero attached hydrogens (tertiary/aromatic N) is 3. The molecule has 1 unspecified atom stereocenters. The molecule has 2 aromatic carbocycles. The van der Waals surface area contributed by atoms with Gasteiger partial charge in [0.25, 0.3) is 0 Å². The van der Waals surface area contributed by atoms with E-state index in [1.54, 1.807) is 25.3 Å². The maximum atomic E-state index is 12.1. The Labute approximate surface area is 176 Å². The summed E-state index contributed by atoms with van der Waals surface area (Å²) < 4.78 is 35.7. The molecule has 0 saturated carbocycles. The zero-order valence-electron chi connectivity index (χ0n) is 17.1. The highest BCUT2D eigenvalue weighted by atomic mass is 32.2. The third-order valence-electron chi connectivity index (χ3n) is 5.32. The summed E-state index contributed by atoms with van der Waals surface area (Å²) in [6.45, 7) is 1.96. The Hall–Kier alpha value is -2.71. The predicted octanol–water partition coefficient (Wildman–Crippen LogP) is 3.23. The summed E-state index contributed by atoms with van der Waals surface area (Å²) in [5.74, 6) is 1.48. The van der Waals surface area contributed by atoms with E-state index in [-0.39, 0.29) is 11.0 Å². The molecule has 2 heterocycles. The molecule has 0 radical (unpaired) electrons. The lowest BCUT2D eigenvalue weighted by molar-refractivity contribution is 0.115. The maximum Gasteiger partial charge on any atom is 0.175 e. The van der Waals surface area contributed by atoms with Gasteiger partial charge in [-0.1, -0.05) is 18.2 Å². The van der Waals surface area contributed by atoms with Gasteiger partial charge in [0.05, 0.1) is 23.6 Å². The first-order chi connectivity index (χ1) is 14.5. The van der Waals surface area contributed by atoms with Crippen molar-refractivity contribution in [3.05, 3.63) is 54.4 Å². The van der Waals surface area contributed by atoms with E-state index in [0.717, 1.165) is 30.8 Å². The first-order valence-electron chi connectivity index (χ1n) is 9.89. The second kappa shape index (κ2) is 8.57. The number of hydrogen-bond donors (Lipinski definition) is 0. The van der Waals surface area contributed by atoms with Crippen molar-refractivity contribution in [2.45, 2.75) is 30.4 Å². The fourth-order valence-electron chi connectivity index (χ4n) is 3.80. The van der Waals surface area contributed by atoms with Crippen molar-refractivity contribution in [2.75, 3.05) is 31.4 Å². The smallest absolute Gasteiger partial charge is 0.175 e. The van der Waals surface area contributed by atoms with E-state index < -0.39 is 9.84 Å². The zero-order chi connectivity index (χ0) is 21.1. The molecule has 0 bridgehead atoms. The van der Waals surface area contributed by atoms with E-state index in [9.17, 15) is 8.42 Å². The number of anilines is 1. The molecule has 1 atom stereocenters. The third kappa shape index (κ3) is 4.39. The minimum atomic E-state index is -3.35. The molecule has 1 aliphatic heterocycles. The van der Waals surface area contributed by atoms with Gasteiger partial charge in [-0.2, -0.15) is 0 Å². The van der Waals surface area contributed by atoms with Crippen LogP contribution in [0.2, 0.25) is 0 Å². The largest absolute Gasteiger partial charge is 0.496 e. The predicted molar refractivity (Wildman–Crippen MR) is 116 cm³/mol. The highest BCUT2D eigenvalue weighted by Crippen LogP contribution is 2.30. The monoisotopic (exact) mass is 427 g/mol. The first-order valence-corrected chi connectivity index (χ1v) is 11.8. The van der Waals surface area contributed by atoms with Crippen molar-refractivity contribution < 1.29 is 17.9 Å². The van der Waals surface area contributed by atoms with Crippen LogP contribution in [0, 0.1) is 0 Å². The highest BCUT2D eigenvalue weighted by molar-refractivity contribution is 7.90. The number of hydrogen-bond acceptors (Lipinski definition) is 7. The lowest BCUT2D eigenvalue weighted by Gasteiger charge is -2.28. The number of ether oxygens (including phenoxy) is 2. The number of rotatable bonds is 7. The summed E-state index contributed by atoms with van der Waals surface area (Å²) >= 11 is 0. The zero-order valence-corrected chi connectivity index (χ0v) is 17.9. The second-order valence-corrected chi connectivity index (χ2v) is 9.49. The van der Waals surface area contributed by atoms with E-state index in [2.05, 4.69) is 14.9 Å². The van der Waals surface area contributed by atoms with Gasteiger partial charge in [-0.15, -0.1) is 0 Å². The van der Waals surface area contributed by atoms with E-state index >= 15 is 0 Å². The average Bonchev–Trinajstić information content (AvgIpc) is 3.25. The van der Waals surface area contributed by atoms with Crippen molar-refractivity contribution in [3.8, 4) is 5.75 Å². The van der Waals surface area contributed by atoms with Crippen LogP contribution < -0.4 is 9.64 Å². The number of fused-ring (bicyclic) bond motifs is 1. The quantitative estimate of drug-likeness (QED) is 0.573. The minimum absolute atomic E-state index is 0.0998. The summed E-state index contributed by atoms with van der Waals surface area (Å²) in [4.78, 5) is 11.3. The normalized spacial score (nSPS) is 16.7. The van der Waals surface area contributed by atoms with Crippen molar-refractivity contribution in [3.63, 3.8) is 0 Å². The van der Waals surface area contributed by atoms with E-state index in [4.69, 9.17) is 9.47 Å². The van der Waals surface area contributed by atoms with Crippen LogP contribution in [0.25, 0.3) is 10.9 Å². The Morgan fingerprint density at radius 3 is 2.77 bits per heavy atom. The molecule has 1 aromatic heterocycles. The van der Waals surface area contributed by atoms with E-state index in [1.165, 1.54) is 12.6 Å². The van der Waals surface area contributed by atoms with Crippen LogP contribution in [-0.4, -0.2) is 51.0 Å². The molecule has 1 aliphatic rings. The number of sulfone groups is 1. The maximum absolute atomic E-state index is 12.1. The van der Waals surface area contributed by atoms with E-state index in [0.29, 0.717) is 29.8 Å². The number of para-hydroxylation sites is 1. The van der Waals surface area contributed by atoms with Gasteiger partial charge in [0.1, 0.15) is 17.9 Å². The molecule has 158 valence electrons. The van der Waals surface area contributed by atoms with Gasteiger partial charge in [0.2, 0.25) is 0 Å². The molecule has 4 rings (SSSR count). The molecular weight excluding hydrogens is 402 g/mol. The Morgan fingerprint density at radius 2 is 2.03 bits per heavy atom. The average molecular weight is 428 g/mol. The lowest BCUT2D eigenvalue weighted by Crippen LogP contribution is -2.32. The molecule has 0 N–H and O–H groups in total. The fraction of sp³-hybridized carbons (Fsp3) is 0.364. The summed E-state index contributed by atoms with van der Waals surface area (Å²) in [5, 5.41) is 0.702. The Morgan fingerprint density at radius 1 is 1.20 bits per heavy atom. The van der Waals surface area contributed by atoms with Crippen LogP contribution in [0.1, 0.15) is 18.4 Å². The van der Waals surface area contributed by atoms with Gasteiger partial charge in [-0.3, -0.25) is 0 Å². The molecule has 8 heteroatoms. The van der Waals surface area contributed by atoms with Gasteiger partial charge in [-0.25, -0.2) is 18.4 Å². The SMILES string of the molecule is COc1ccccc1CN(CC1CCCO1)c1ncnc2ccc(S(C)(=O)=O)cc12. The van der Waals surface area contributed by atoms with Crippen LogP contribution in [0.3, 0.4) is 0 Å². The van der Waals surface area contributed by atoms with Crippen molar-refractivity contribution >= 4 is 26.6 Å². The summed E-state index contributed by atoms with van der Waals surface area (Å²) in [5.41, 5.74) is 1.72. The van der Waals surface area contributed by atoms with Crippen LogP contribution in [-0.2, 0) is 21.1 Å². The molecule has 30 heavy (non-hydrogen) atoms. The van der Waals surface area contributed by atoms with Gasteiger partial charge in [0.15, 0.2) is 9.84 Å². The molecule has 3 aromatic rings. The van der Waals surface area contributed by atoms with Crippen molar-refractivity contribution in [2.24, 2.45) is 0 Å². The van der Waals surface area contributed by atoms with Gasteiger partial charge < -0.3 is 14.4 Å². The molecule has 0 spiro atoms. The van der Waals surface area contributed by atoms with Gasteiger partial charge in [-0.05, 0) is 37.1 Å². The fourth-order valence-corrected chi connectivity index (χ4v) is 4.45. The number of aromatic nitrogens is 2. The molecule has 0 amide bonds. The van der Waals surface area contributed by atoms with Crippen LogP contribution in [0.4, 0.5) is 5.82 Å². The number of benzene rings is 2. The summed E-state index contributed by atoms with van der Waals surface area (Å²) in [7, 11) is -1.69. The lowest BCUT2D eigenvalue weighted by atomic mass is 10.1. The molecule has 1 fully saturated rings. The Bertz CT molecular complexity index is 1140. The standard InChI is InChI=1S/C22H25N3O4S/c1-28-21-8-4-3-6-16(21)13-25(14-17-7-5-11-29-17)22-19-12-18(30(2,26)27)9-10-20(19)23-15-24-22/h3-4,6,8-10,12,15,17H,5,7,11,13-14H2,1-2H3. The summed E-state index contributed by atoms with van der Waals surface area (Å²) in [6.07, 6.45) is 4.84. The van der Waals surface area contributed by atoms with Crippen LogP contribution in [0.5, 0.6) is 5.75 Å². The molecule has 1 saturated heterocycles. The van der Waals surface area contributed by atoms with E-state index in [1.807, 2.05) is 24.3 Å². The second-order valence-electron chi connectivity index (χ2n) is 7.48. The topological polar surface area (TPSA) is 81.6 Å². The van der Waals surface area contributed by atoms with Crippen LogP contribution in [0.15, 0.2) is 53.7 Å². The third-order valence-corrected chi connectivity index (χ3v) is 6.43. The van der Waals surface area contributed by atoms with Crippen LogP contribution >= 0.6 is 0 Å². The van der Waals surface area contributed by atoms with Crippen molar-refractivity contribution in [1.29, 1.82) is 0 Å². The van der Waals surface area contributed by atoms with Gasteiger partial charge >= 0.3 is 0 Å². The molecule has 7 nitrogen and oxygen atoms in total. The Balaban J connectivity index is 1.80. The number of methoxy groups -OCH3 is 1.